The molecule has 0 aliphatic heterocycles. The largest absolute Gasteiger partial charge is 0.372 e. The maximum Gasteiger partial charge on any atom is 0.0891 e. The van der Waals surface area contributed by atoms with Crippen molar-refractivity contribution in [2.24, 2.45) is 5.73 Å². The summed E-state index contributed by atoms with van der Waals surface area (Å²) in [6.07, 6.45) is 3.51. The molecule has 1 aliphatic rings. The van der Waals surface area contributed by atoms with Crippen LogP contribution >= 0.6 is 0 Å². The third-order valence-corrected chi connectivity index (χ3v) is 2.84. The molecule has 0 spiro atoms. The fraction of sp³-hybridized carbons (Fsp3) is 0.583. The monoisotopic (exact) mass is 206 g/mol. The zero-order chi connectivity index (χ0) is 10.7. The number of aryl methyl sites for hydroxylation is 1. The summed E-state index contributed by atoms with van der Waals surface area (Å²) in [5.74, 6) is 0. The van der Waals surface area contributed by atoms with Crippen molar-refractivity contribution in [3.63, 3.8) is 0 Å². The number of hydrogen-bond donors (Lipinski definition) is 1. The molecule has 2 unspecified atom stereocenters. The van der Waals surface area contributed by atoms with Gasteiger partial charge in [-0.3, -0.25) is 4.98 Å². The van der Waals surface area contributed by atoms with Gasteiger partial charge in [-0.25, -0.2) is 0 Å². The molecule has 1 aromatic heterocycles. The van der Waals surface area contributed by atoms with Gasteiger partial charge in [0.15, 0.2) is 0 Å². The lowest BCUT2D eigenvalue weighted by atomic mass is 10.3. The maximum absolute atomic E-state index is 5.82. The second-order valence-corrected chi connectivity index (χ2v) is 4.28. The van der Waals surface area contributed by atoms with Crippen molar-refractivity contribution in [3.05, 3.63) is 29.6 Å². The predicted octanol–water partition coefficient (Wildman–Crippen LogP) is 1.79. The van der Waals surface area contributed by atoms with E-state index in [1.165, 1.54) is 0 Å². The van der Waals surface area contributed by atoms with Crippen LogP contribution in [0.15, 0.2) is 18.2 Å². The molecule has 0 radical (unpaired) electrons. The Morgan fingerprint density at radius 1 is 1.47 bits per heavy atom. The normalized spacial score (nSPS) is 25.7. The molecule has 0 saturated heterocycles. The zero-order valence-electron chi connectivity index (χ0n) is 9.15. The van der Waals surface area contributed by atoms with Crippen molar-refractivity contribution in [3.8, 4) is 0 Å². The molecule has 1 aliphatic carbocycles. The third kappa shape index (κ3) is 3.01. The van der Waals surface area contributed by atoms with Crippen LogP contribution in [-0.4, -0.2) is 17.1 Å². The van der Waals surface area contributed by atoms with Crippen LogP contribution in [0.25, 0.3) is 0 Å². The van der Waals surface area contributed by atoms with Crippen LogP contribution in [0.1, 0.15) is 30.7 Å². The van der Waals surface area contributed by atoms with E-state index in [0.29, 0.717) is 18.8 Å². The predicted molar refractivity (Wildman–Crippen MR) is 59.4 cm³/mol. The van der Waals surface area contributed by atoms with Gasteiger partial charge in [0.2, 0.25) is 0 Å². The van der Waals surface area contributed by atoms with Crippen molar-refractivity contribution >= 4 is 0 Å². The van der Waals surface area contributed by atoms with E-state index in [1.54, 1.807) is 0 Å². The van der Waals surface area contributed by atoms with Crippen LogP contribution in [0.2, 0.25) is 0 Å². The summed E-state index contributed by atoms with van der Waals surface area (Å²) in [7, 11) is 0. The Labute approximate surface area is 90.7 Å². The first-order valence-corrected chi connectivity index (χ1v) is 5.54. The molecule has 1 fully saturated rings. The maximum atomic E-state index is 5.82. The van der Waals surface area contributed by atoms with Gasteiger partial charge in [0.25, 0.3) is 0 Å². The summed E-state index contributed by atoms with van der Waals surface area (Å²) in [5, 5.41) is 0. The highest BCUT2D eigenvalue weighted by molar-refractivity contribution is 5.09. The standard InChI is InChI=1S/C12H18N2O/c1-9-3-2-4-11(14-9)8-15-12-6-5-10(13)7-12/h2-4,10,12H,5-8,13H2,1H3. The topological polar surface area (TPSA) is 48.1 Å². The lowest BCUT2D eigenvalue weighted by Crippen LogP contribution is -2.17. The molecule has 0 bridgehead atoms. The van der Waals surface area contributed by atoms with Crippen LogP contribution in [0.5, 0.6) is 0 Å². The first-order chi connectivity index (χ1) is 7.24. The Morgan fingerprint density at radius 3 is 3.00 bits per heavy atom. The van der Waals surface area contributed by atoms with Crippen LogP contribution in [0.4, 0.5) is 0 Å². The van der Waals surface area contributed by atoms with Gasteiger partial charge in [0.05, 0.1) is 18.4 Å². The smallest absolute Gasteiger partial charge is 0.0891 e. The summed E-state index contributed by atoms with van der Waals surface area (Å²) in [6, 6.07) is 6.35. The summed E-state index contributed by atoms with van der Waals surface area (Å²) in [4.78, 5) is 4.40. The number of pyridine rings is 1. The summed E-state index contributed by atoms with van der Waals surface area (Å²) >= 11 is 0. The highest BCUT2D eigenvalue weighted by atomic mass is 16.5. The van der Waals surface area contributed by atoms with Crippen molar-refractivity contribution in [1.29, 1.82) is 0 Å². The van der Waals surface area contributed by atoms with Gasteiger partial charge >= 0.3 is 0 Å². The number of ether oxygens (including phenoxy) is 1. The van der Waals surface area contributed by atoms with E-state index in [2.05, 4.69) is 4.98 Å². The van der Waals surface area contributed by atoms with E-state index in [4.69, 9.17) is 10.5 Å². The Bertz CT molecular complexity index is 327. The Kier molecular flexibility index (Phi) is 3.34. The van der Waals surface area contributed by atoms with Gasteiger partial charge in [-0.15, -0.1) is 0 Å². The lowest BCUT2D eigenvalue weighted by molar-refractivity contribution is 0.0429. The quantitative estimate of drug-likeness (QED) is 0.820. The van der Waals surface area contributed by atoms with Crippen molar-refractivity contribution < 1.29 is 4.74 Å². The molecule has 15 heavy (non-hydrogen) atoms. The van der Waals surface area contributed by atoms with E-state index in [-0.39, 0.29) is 0 Å². The minimum absolute atomic E-state index is 0.334. The molecule has 3 heteroatoms. The molecule has 1 heterocycles. The van der Waals surface area contributed by atoms with Crippen LogP contribution in [0.3, 0.4) is 0 Å². The first kappa shape index (κ1) is 10.6. The van der Waals surface area contributed by atoms with E-state index in [9.17, 15) is 0 Å². The van der Waals surface area contributed by atoms with Crippen molar-refractivity contribution in [1.82, 2.24) is 4.98 Å². The van der Waals surface area contributed by atoms with Crippen LogP contribution in [0, 0.1) is 6.92 Å². The molecule has 0 aromatic carbocycles. The molecular formula is C12H18N2O. The van der Waals surface area contributed by atoms with Gasteiger partial charge in [-0.1, -0.05) is 6.07 Å². The van der Waals surface area contributed by atoms with E-state index < -0.39 is 0 Å². The lowest BCUT2D eigenvalue weighted by Gasteiger charge is -2.11. The van der Waals surface area contributed by atoms with Crippen molar-refractivity contribution in [2.75, 3.05) is 0 Å². The molecule has 3 nitrogen and oxygen atoms in total. The van der Waals surface area contributed by atoms with E-state index in [1.807, 2.05) is 25.1 Å². The average molecular weight is 206 g/mol. The molecule has 0 amide bonds. The zero-order valence-corrected chi connectivity index (χ0v) is 9.15. The average Bonchev–Trinajstić information content (AvgIpc) is 2.62. The second-order valence-electron chi connectivity index (χ2n) is 4.28. The second kappa shape index (κ2) is 4.73. The van der Waals surface area contributed by atoms with Gasteiger partial charge in [0, 0.05) is 11.7 Å². The van der Waals surface area contributed by atoms with E-state index in [0.717, 1.165) is 30.7 Å². The SMILES string of the molecule is Cc1cccc(COC2CCC(N)C2)n1. The van der Waals surface area contributed by atoms with Crippen molar-refractivity contribution in [2.45, 2.75) is 44.9 Å². The minimum atomic E-state index is 0.334. The van der Waals surface area contributed by atoms with Crippen LogP contribution in [-0.2, 0) is 11.3 Å². The third-order valence-electron chi connectivity index (χ3n) is 2.84. The van der Waals surface area contributed by atoms with Crippen LogP contribution < -0.4 is 5.73 Å². The highest BCUT2D eigenvalue weighted by Crippen LogP contribution is 2.21. The molecule has 1 saturated carbocycles. The molecule has 1 aromatic rings. The summed E-state index contributed by atoms with van der Waals surface area (Å²) < 4.78 is 5.77. The number of nitrogens with zero attached hydrogens (tertiary/aromatic N) is 1. The summed E-state index contributed by atoms with van der Waals surface area (Å²) in [5.41, 5.74) is 7.87. The van der Waals surface area contributed by atoms with Gasteiger partial charge in [-0.2, -0.15) is 0 Å². The fourth-order valence-corrected chi connectivity index (χ4v) is 2.01. The molecule has 2 atom stereocenters. The number of rotatable bonds is 3. The Balaban J connectivity index is 1.83. The van der Waals surface area contributed by atoms with E-state index >= 15 is 0 Å². The highest BCUT2D eigenvalue weighted by Gasteiger charge is 2.22. The molecular weight excluding hydrogens is 188 g/mol. The minimum Gasteiger partial charge on any atom is -0.372 e. The number of aromatic nitrogens is 1. The number of nitrogens with two attached hydrogens (primary N) is 1. The molecule has 2 rings (SSSR count). The van der Waals surface area contributed by atoms with Gasteiger partial charge in [0.1, 0.15) is 0 Å². The molecule has 82 valence electrons. The first-order valence-electron chi connectivity index (χ1n) is 5.54. The Hall–Kier alpha value is -0.930. The fourth-order valence-electron chi connectivity index (χ4n) is 2.01. The Morgan fingerprint density at radius 2 is 2.33 bits per heavy atom. The summed E-state index contributed by atoms with van der Waals surface area (Å²) in [6.45, 7) is 2.61. The van der Waals surface area contributed by atoms with Gasteiger partial charge in [-0.05, 0) is 38.3 Å². The van der Waals surface area contributed by atoms with Gasteiger partial charge < -0.3 is 10.5 Å². The number of hydrogen-bond acceptors (Lipinski definition) is 3. The molecule has 2 N–H and O–H groups in total.